The van der Waals surface area contributed by atoms with Crippen LogP contribution in [0.15, 0.2) is 97.1 Å². The van der Waals surface area contributed by atoms with Crippen LogP contribution in [0.4, 0.5) is 11.4 Å². The first-order valence-electron chi connectivity index (χ1n) is 11.9. The maximum absolute atomic E-state index is 4.58. The van der Waals surface area contributed by atoms with Gasteiger partial charge in [0, 0.05) is 11.4 Å². The smallest absolute Gasteiger partial charge is 0.164 e. The largest absolute Gasteiger partial charge is 0.360 e. The molecule has 0 fully saturated rings. The number of nitrogens with zero attached hydrogens (tertiary/aromatic N) is 6. The van der Waals surface area contributed by atoms with E-state index in [9.17, 15) is 0 Å². The SMILES string of the molecule is Cc1ccc(NC(C(Nc2ccc(C)cc2)n2nnc3ccccc32)n2nnc3ccccc32)cc1. The van der Waals surface area contributed by atoms with Crippen molar-refractivity contribution in [3.8, 4) is 0 Å². The zero-order chi connectivity index (χ0) is 24.5. The van der Waals surface area contributed by atoms with E-state index >= 15 is 0 Å². The Morgan fingerprint density at radius 2 is 0.917 bits per heavy atom. The van der Waals surface area contributed by atoms with E-state index in [1.165, 1.54) is 11.1 Å². The Morgan fingerprint density at radius 3 is 1.33 bits per heavy atom. The Kier molecular flexibility index (Phi) is 5.53. The molecular weight excluding hydrogens is 448 g/mol. The Morgan fingerprint density at radius 1 is 0.528 bits per heavy atom. The Hall–Kier alpha value is -4.72. The molecule has 178 valence electrons. The molecule has 0 spiro atoms. The number of hydrogen-bond donors (Lipinski definition) is 2. The third-order valence-corrected chi connectivity index (χ3v) is 6.31. The van der Waals surface area contributed by atoms with Crippen LogP contribution in [0, 0.1) is 13.8 Å². The van der Waals surface area contributed by atoms with Gasteiger partial charge in [-0.2, -0.15) is 0 Å². The fraction of sp³-hybridized carbons (Fsp3) is 0.143. The van der Waals surface area contributed by atoms with Crippen molar-refractivity contribution in [2.75, 3.05) is 10.6 Å². The fourth-order valence-electron chi connectivity index (χ4n) is 4.37. The number of anilines is 2. The molecule has 0 aliphatic heterocycles. The van der Waals surface area contributed by atoms with Gasteiger partial charge in [-0.05, 0) is 62.4 Å². The fourth-order valence-corrected chi connectivity index (χ4v) is 4.37. The highest BCUT2D eigenvalue weighted by Crippen LogP contribution is 2.31. The molecule has 36 heavy (non-hydrogen) atoms. The summed E-state index contributed by atoms with van der Waals surface area (Å²) in [5, 5.41) is 25.4. The van der Waals surface area contributed by atoms with Gasteiger partial charge in [0.05, 0.1) is 11.0 Å². The van der Waals surface area contributed by atoms with Crippen molar-refractivity contribution in [1.29, 1.82) is 0 Å². The lowest BCUT2D eigenvalue weighted by Gasteiger charge is -2.31. The molecule has 0 aliphatic carbocycles. The van der Waals surface area contributed by atoms with Crippen LogP contribution >= 0.6 is 0 Å². The quantitative estimate of drug-likeness (QED) is 0.308. The molecule has 0 saturated heterocycles. The second kappa shape index (κ2) is 9.14. The summed E-state index contributed by atoms with van der Waals surface area (Å²) in [6.45, 7) is 4.16. The van der Waals surface area contributed by atoms with Gasteiger partial charge in [0.25, 0.3) is 0 Å². The molecule has 2 N–H and O–H groups in total. The molecule has 8 heteroatoms. The van der Waals surface area contributed by atoms with Crippen molar-refractivity contribution >= 4 is 33.4 Å². The van der Waals surface area contributed by atoms with E-state index in [0.717, 1.165) is 33.4 Å². The van der Waals surface area contributed by atoms with Crippen LogP contribution in [0.25, 0.3) is 22.1 Å². The van der Waals surface area contributed by atoms with Crippen LogP contribution in [0.3, 0.4) is 0 Å². The first kappa shape index (κ1) is 21.8. The lowest BCUT2D eigenvalue weighted by atomic mass is 10.2. The molecule has 0 bridgehead atoms. The molecule has 2 atom stereocenters. The van der Waals surface area contributed by atoms with Gasteiger partial charge in [0.15, 0.2) is 12.3 Å². The Bertz CT molecular complexity index is 1490. The second-order valence-corrected chi connectivity index (χ2v) is 8.96. The number of aromatic nitrogens is 6. The molecule has 0 saturated carbocycles. The molecule has 2 unspecified atom stereocenters. The van der Waals surface area contributed by atoms with Crippen molar-refractivity contribution < 1.29 is 0 Å². The van der Waals surface area contributed by atoms with E-state index < -0.39 is 12.3 Å². The molecule has 0 radical (unpaired) electrons. The number of fused-ring (bicyclic) bond motifs is 2. The average Bonchev–Trinajstić information content (AvgIpc) is 3.53. The molecule has 2 aromatic heterocycles. The Labute approximate surface area is 208 Å². The molecule has 0 aliphatic rings. The normalized spacial score (nSPS) is 13.1. The minimum absolute atomic E-state index is 0.397. The molecule has 8 nitrogen and oxygen atoms in total. The van der Waals surface area contributed by atoms with Crippen LogP contribution in [0.1, 0.15) is 23.5 Å². The van der Waals surface area contributed by atoms with Crippen LogP contribution < -0.4 is 10.6 Å². The van der Waals surface area contributed by atoms with Gasteiger partial charge in [-0.1, -0.05) is 70.1 Å². The lowest BCUT2D eigenvalue weighted by Crippen LogP contribution is -2.35. The predicted molar refractivity (Wildman–Crippen MR) is 143 cm³/mol. The van der Waals surface area contributed by atoms with E-state index in [1.807, 2.05) is 57.9 Å². The summed E-state index contributed by atoms with van der Waals surface area (Å²) in [6, 6.07) is 32.6. The summed E-state index contributed by atoms with van der Waals surface area (Å²) in [7, 11) is 0. The summed E-state index contributed by atoms with van der Waals surface area (Å²) >= 11 is 0. The zero-order valence-corrected chi connectivity index (χ0v) is 20.1. The third kappa shape index (κ3) is 4.13. The standard InChI is InChI=1S/C28H26N8/c1-19-11-15-21(16-12-19)29-27(35-25-9-5-3-7-23(25)31-33-35)28(30-22-17-13-20(2)14-18-22)36-26-10-6-4-8-24(26)32-34-36/h3-18,27-30H,1-2H3. The topological polar surface area (TPSA) is 85.5 Å². The third-order valence-electron chi connectivity index (χ3n) is 6.31. The van der Waals surface area contributed by atoms with Gasteiger partial charge < -0.3 is 10.6 Å². The number of benzene rings is 4. The van der Waals surface area contributed by atoms with Gasteiger partial charge in [0.1, 0.15) is 11.0 Å². The van der Waals surface area contributed by atoms with Gasteiger partial charge in [0.2, 0.25) is 0 Å². The monoisotopic (exact) mass is 474 g/mol. The van der Waals surface area contributed by atoms with Gasteiger partial charge in [-0.3, -0.25) is 0 Å². The van der Waals surface area contributed by atoms with E-state index in [-0.39, 0.29) is 0 Å². The van der Waals surface area contributed by atoms with E-state index in [0.29, 0.717) is 0 Å². The number of hydrogen-bond acceptors (Lipinski definition) is 6. The first-order chi connectivity index (χ1) is 17.7. The number of aryl methyl sites for hydroxylation is 2. The predicted octanol–water partition coefficient (Wildman–Crippen LogP) is 5.71. The molecule has 4 aromatic carbocycles. The number of nitrogens with one attached hydrogen (secondary N) is 2. The highest BCUT2D eigenvalue weighted by Gasteiger charge is 2.30. The summed E-state index contributed by atoms with van der Waals surface area (Å²) in [5.74, 6) is 0. The summed E-state index contributed by atoms with van der Waals surface area (Å²) in [5.41, 5.74) is 7.80. The molecular formula is C28H26N8. The van der Waals surface area contributed by atoms with Crippen LogP contribution in [0.5, 0.6) is 0 Å². The Balaban J connectivity index is 1.53. The first-order valence-corrected chi connectivity index (χ1v) is 11.9. The van der Waals surface area contributed by atoms with Crippen LogP contribution in [-0.2, 0) is 0 Å². The summed E-state index contributed by atoms with van der Waals surface area (Å²) in [6.07, 6.45) is -0.793. The zero-order valence-electron chi connectivity index (χ0n) is 20.1. The van der Waals surface area contributed by atoms with Crippen molar-refractivity contribution in [2.24, 2.45) is 0 Å². The summed E-state index contributed by atoms with van der Waals surface area (Å²) < 4.78 is 3.83. The van der Waals surface area contributed by atoms with Crippen molar-refractivity contribution in [3.05, 3.63) is 108 Å². The van der Waals surface area contributed by atoms with Gasteiger partial charge >= 0.3 is 0 Å². The molecule has 0 amide bonds. The average molecular weight is 475 g/mol. The molecule has 2 heterocycles. The van der Waals surface area contributed by atoms with Gasteiger partial charge in [-0.15, -0.1) is 10.2 Å². The van der Waals surface area contributed by atoms with Gasteiger partial charge in [-0.25, -0.2) is 9.36 Å². The molecule has 6 rings (SSSR count). The minimum atomic E-state index is -0.397. The highest BCUT2D eigenvalue weighted by molar-refractivity contribution is 5.75. The van der Waals surface area contributed by atoms with Crippen molar-refractivity contribution in [3.63, 3.8) is 0 Å². The maximum Gasteiger partial charge on any atom is 0.164 e. The molecule has 6 aromatic rings. The number of para-hydroxylation sites is 2. The number of rotatable bonds is 7. The van der Waals surface area contributed by atoms with E-state index in [2.05, 4.69) is 93.6 Å². The van der Waals surface area contributed by atoms with Crippen molar-refractivity contribution in [1.82, 2.24) is 30.0 Å². The van der Waals surface area contributed by atoms with Crippen LogP contribution in [0.2, 0.25) is 0 Å². The lowest BCUT2D eigenvalue weighted by molar-refractivity contribution is 0.347. The second-order valence-electron chi connectivity index (χ2n) is 8.96. The maximum atomic E-state index is 4.58. The highest BCUT2D eigenvalue weighted by atomic mass is 15.5. The van der Waals surface area contributed by atoms with E-state index in [1.54, 1.807) is 0 Å². The van der Waals surface area contributed by atoms with E-state index in [4.69, 9.17) is 0 Å². The summed E-state index contributed by atoms with van der Waals surface area (Å²) in [4.78, 5) is 0. The van der Waals surface area contributed by atoms with Crippen molar-refractivity contribution in [2.45, 2.75) is 26.2 Å². The minimum Gasteiger partial charge on any atom is -0.360 e. The van der Waals surface area contributed by atoms with Crippen LogP contribution in [-0.4, -0.2) is 30.0 Å².